The molecule has 0 bridgehead atoms. The van der Waals surface area contributed by atoms with Crippen LogP contribution in [0.15, 0.2) is 47.4 Å². The van der Waals surface area contributed by atoms with Crippen molar-refractivity contribution in [1.29, 1.82) is 0 Å². The molecule has 0 saturated heterocycles. The molecule has 4 heteroatoms. The standard InChI is InChI=1S/C14H10N2OS/c17-13(8-10-4-7-18-9-10)11-2-1-3-12-14(11)16-6-5-15-12/h1-7,9H,8H2. The van der Waals surface area contributed by atoms with Crippen molar-refractivity contribution in [3.05, 3.63) is 58.5 Å². The lowest BCUT2D eigenvalue weighted by molar-refractivity contribution is 0.0994. The van der Waals surface area contributed by atoms with Gasteiger partial charge >= 0.3 is 0 Å². The lowest BCUT2D eigenvalue weighted by atomic mass is 10.0. The number of thiophene rings is 1. The van der Waals surface area contributed by atoms with Gasteiger partial charge in [0.15, 0.2) is 5.78 Å². The predicted molar refractivity (Wildman–Crippen MR) is 71.9 cm³/mol. The molecular formula is C14H10N2OS. The van der Waals surface area contributed by atoms with Crippen molar-refractivity contribution >= 4 is 28.2 Å². The summed E-state index contributed by atoms with van der Waals surface area (Å²) >= 11 is 1.60. The number of aromatic nitrogens is 2. The predicted octanol–water partition coefficient (Wildman–Crippen LogP) is 3.12. The van der Waals surface area contributed by atoms with Crippen LogP contribution in [0.3, 0.4) is 0 Å². The summed E-state index contributed by atoms with van der Waals surface area (Å²) in [5.74, 6) is 0.0829. The minimum Gasteiger partial charge on any atom is -0.294 e. The first-order valence-electron chi connectivity index (χ1n) is 5.58. The molecule has 0 aliphatic rings. The Kier molecular flexibility index (Phi) is 2.86. The third-order valence-corrected chi connectivity index (χ3v) is 3.48. The van der Waals surface area contributed by atoms with Crippen molar-refractivity contribution in [3.8, 4) is 0 Å². The summed E-state index contributed by atoms with van der Waals surface area (Å²) in [7, 11) is 0. The molecule has 0 radical (unpaired) electrons. The summed E-state index contributed by atoms with van der Waals surface area (Å²) in [5, 5.41) is 3.97. The monoisotopic (exact) mass is 254 g/mol. The van der Waals surface area contributed by atoms with Crippen LogP contribution in [0, 0.1) is 0 Å². The number of carbonyl (C=O) groups is 1. The van der Waals surface area contributed by atoms with Crippen molar-refractivity contribution in [2.24, 2.45) is 0 Å². The number of fused-ring (bicyclic) bond motifs is 1. The molecule has 88 valence electrons. The molecule has 0 spiro atoms. The molecule has 3 rings (SSSR count). The Labute approximate surface area is 108 Å². The molecule has 3 aromatic rings. The van der Waals surface area contributed by atoms with Crippen molar-refractivity contribution < 1.29 is 4.79 Å². The Bertz CT molecular complexity index is 687. The van der Waals surface area contributed by atoms with Gasteiger partial charge in [0.25, 0.3) is 0 Å². The highest BCUT2D eigenvalue weighted by Gasteiger charge is 2.12. The zero-order chi connectivity index (χ0) is 12.4. The first-order chi connectivity index (χ1) is 8.84. The molecule has 1 aromatic carbocycles. The van der Waals surface area contributed by atoms with E-state index < -0.39 is 0 Å². The lowest BCUT2D eigenvalue weighted by Gasteiger charge is -2.03. The average molecular weight is 254 g/mol. The Morgan fingerprint density at radius 2 is 2.06 bits per heavy atom. The van der Waals surface area contributed by atoms with Crippen LogP contribution in [-0.4, -0.2) is 15.8 Å². The lowest BCUT2D eigenvalue weighted by Crippen LogP contribution is -2.04. The van der Waals surface area contributed by atoms with E-state index in [4.69, 9.17) is 0 Å². The van der Waals surface area contributed by atoms with Gasteiger partial charge in [-0.25, -0.2) is 0 Å². The van der Waals surface area contributed by atoms with E-state index in [-0.39, 0.29) is 5.78 Å². The van der Waals surface area contributed by atoms with E-state index in [2.05, 4.69) is 9.97 Å². The van der Waals surface area contributed by atoms with Gasteiger partial charge in [-0.1, -0.05) is 6.07 Å². The first-order valence-corrected chi connectivity index (χ1v) is 6.53. The van der Waals surface area contributed by atoms with Gasteiger partial charge in [0, 0.05) is 24.4 Å². The molecule has 2 heterocycles. The number of hydrogen-bond donors (Lipinski definition) is 0. The number of Topliss-reactive ketones (excluding diaryl/α,β-unsaturated/α-hetero) is 1. The maximum atomic E-state index is 12.3. The van der Waals surface area contributed by atoms with Gasteiger partial charge in [-0.2, -0.15) is 11.3 Å². The molecule has 0 aliphatic carbocycles. The van der Waals surface area contributed by atoms with Crippen molar-refractivity contribution in [2.45, 2.75) is 6.42 Å². The van der Waals surface area contributed by atoms with E-state index in [0.29, 0.717) is 17.5 Å². The van der Waals surface area contributed by atoms with E-state index in [1.54, 1.807) is 23.7 Å². The molecule has 18 heavy (non-hydrogen) atoms. The number of hydrogen-bond acceptors (Lipinski definition) is 4. The second kappa shape index (κ2) is 4.66. The molecule has 2 aromatic heterocycles. The summed E-state index contributed by atoms with van der Waals surface area (Å²) in [6, 6.07) is 7.49. The Morgan fingerprint density at radius 1 is 1.17 bits per heavy atom. The first kappa shape index (κ1) is 11.0. The van der Waals surface area contributed by atoms with Gasteiger partial charge in [-0.3, -0.25) is 14.8 Å². The van der Waals surface area contributed by atoms with Gasteiger partial charge in [0.1, 0.15) is 0 Å². The summed E-state index contributed by atoms with van der Waals surface area (Å²) in [5.41, 5.74) is 3.13. The quantitative estimate of drug-likeness (QED) is 0.674. The minimum absolute atomic E-state index is 0.0829. The number of rotatable bonds is 3. The van der Waals surface area contributed by atoms with Crippen LogP contribution in [0.4, 0.5) is 0 Å². The highest BCUT2D eigenvalue weighted by Crippen LogP contribution is 2.17. The zero-order valence-corrected chi connectivity index (χ0v) is 10.4. The van der Waals surface area contributed by atoms with Gasteiger partial charge in [0.2, 0.25) is 0 Å². The Hall–Kier alpha value is -2.07. The van der Waals surface area contributed by atoms with Gasteiger partial charge in [0.05, 0.1) is 11.0 Å². The van der Waals surface area contributed by atoms with Crippen molar-refractivity contribution in [1.82, 2.24) is 9.97 Å². The molecule has 0 N–H and O–H groups in total. The smallest absolute Gasteiger partial charge is 0.169 e. The van der Waals surface area contributed by atoms with Crippen LogP contribution in [0.2, 0.25) is 0 Å². The van der Waals surface area contributed by atoms with E-state index in [0.717, 1.165) is 11.1 Å². The number of benzene rings is 1. The van der Waals surface area contributed by atoms with Crippen LogP contribution in [-0.2, 0) is 6.42 Å². The normalized spacial score (nSPS) is 10.7. The second-order valence-electron chi connectivity index (χ2n) is 3.96. The molecule has 0 unspecified atom stereocenters. The van der Waals surface area contributed by atoms with E-state index >= 15 is 0 Å². The number of ketones is 1. The van der Waals surface area contributed by atoms with Gasteiger partial charge in [-0.15, -0.1) is 0 Å². The fourth-order valence-corrected chi connectivity index (χ4v) is 2.56. The Morgan fingerprint density at radius 3 is 2.89 bits per heavy atom. The van der Waals surface area contributed by atoms with Crippen LogP contribution in [0.1, 0.15) is 15.9 Å². The highest BCUT2D eigenvalue weighted by atomic mass is 32.1. The van der Waals surface area contributed by atoms with Crippen LogP contribution in [0.25, 0.3) is 11.0 Å². The van der Waals surface area contributed by atoms with Crippen molar-refractivity contribution in [3.63, 3.8) is 0 Å². The van der Waals surface area contributed by atoms with Crippen LogP contribution in [0.5, 0.6) is 0 Å². The van der Waals surface area contributed by atoms with Crippen LogP contribution < -0.4 is 0 Å². The summed E-state index contributed by atoms with van der Waals surface area (Å²) in [6.07, 6.45) is 3.67. The summed E-state index contributed by atoms with van der Waals surface area (Å²) in [4.78, 5) is 20.7. The summed E-state index contributed by atoms with van der Waals surface area (Å²) < 4.78 is 0. The molecule has 0 saturated carbocycles. The summed E-state index contributed by atoms with van der Waals surface area (Å²) in [6.45, 7) is 0. The SMILES string of the molecule is O=C(Cc1ccsc1)c1cccc2nccnc12. The van der Waals surface area contributed by atoms with E-state index in [1.807, 2.05) is 35.0 Å². The third kappa shape index (κ3) is 2.02. The van der Waals surface area contributed by atoms with Gasteiger partial charge in [-0.05, 0) is 34.5 Å². The van der Waals surface area contributed by atoms with E-state index in [9.17, 15) is 4.79 Å². The largest absolute Gasteiger partial charge is 0.294 e. The van der Waals surface area contributed by atoms with Crippen molar-refractivity contribution in [2.75, 3.05) is 0 Å². The van der Waals surface area contributed by atoms with E-state index in [1.165, 1.54) is 0 Å². The minimum atomic E-state index is 0.0829. The maximum Gasteiger partial charge on any atom is 0.169 e. The fraction of sp³-hybridized carbons (Fsp3) is 0.0714. The number of para-hydroxylation sites is 1. The van der Waals surface area contributed by atoms with Gasteiger partial charge < -0.3 is 0 Å². The van der Waals surface area contributed by atoms with Crippen LogP contribution >= 0.6 is 11.3 Å². The molecule has 0 fully saturated rings. The molecule has 0 aliphatic heterocycles. The maximum absolute atomic E-state index is 12.3. The molecular weight excluding hydrogens is 244 g/mol. The number of nitrogens with zero attached hydrogens (tertiary/aromatic N) is 2. The zero-order valence-electron chi connectivity index (χ0n) is 9.54. The average Bonchev–Trinajstić information content (AvgIpc) is 2.91. The highest BCUT2D eigenvalue weighted by molar-refractivity contribution is 7.08. The topological polar surface area (TPSA) is 42.9 Å². The molecule has 0 amide bonds. The number of carbonyl (C=O) groups excluding carboxylic acids is 1. The third-order valence-electron chi connectivity index (χ3n) is 2.74. The Balaban J connectivity index is 2.01. The molecule has 0 atom stereocenters. The second-order valence-corrected chi connectivity index (χ2v) is 4.74. The molecule has 3 nitrogen and oxygen atoms in total. The fourth-order valence-electron chi connectivity index (χ4n) is 1.89.